The van der Waals surface area contributed by atoms with Crippen LogP contribution in [0.15, 0.2) is 0 Å². The Morgan fingerprint density at radius 3 is 1.62 bits per heavy atom. The van der Waals surface area contributed by atoms with Crippen LogP contribution in [0.5, 0.6) is 0 Å². The quantitative estimate of drug-likeness (QED) is 0.226. The van der Waals surface area contributed by atoms with Crippen molar-refractivity contribution in [2.75, 3.05) is 13.2 Å². The molecule has 0 spiro atoms. The Morgan fingerprint density at radius 1 is 0.688 bits per heavy atom. The second-order valence-corrected chi connectivity index (χ2v) is 6.77. The number of carbonyl (C=O) groups excluding carboxylic acids is 6. The van der Waals surface area contributed by atoms with Crippen LogP contribution in [0.1, 0.15) is 54.4 Å². The highest BCUT2D eigenvalue weighted by molar-refractivity contribution is 5.84. The summed E-state index contributed by atoms with van der Waals surface area (Å²) >= 11 is 0. The van der Waals surface area contributed by atoms with Gasteiger partial charge in [0.05, 0.1) is 0 Å². The largest absolute Gasteiger partial charge is 0.462 e. The van der Waals surface area contributed by atoms with Gasteiger partial charge in [-0.05, 0) is 6.42 Å². The Bertz CT molecular complexity index is 691. The molecule has 4 atom stereocenters. The Kier molecular flexibility index (Phi) is 13.3. The zero-order valence-electron chi connectivity index (χ0n) is 19.1. The third-order valence-electron chi connectivity index (χ3n) is 3.74. The molecule has 0 aromatic heterocycles. The number of amides is 1. The molecule has 0 aliphatic heterocycles. The number of carbonyl (C=O) groups is 6. The van der Waals surface area contributed by atoms with E-state index in [-0.39, 0.29) is 6.54 Å². The van der Waals surface area contributed by atoms with Gasteiger partial charge >= 0.3 is 29.8 Å². The lowest BCUT2D eigenvalue weighted by Gasteiger charge is -2.34. The molecule has 0 rings (SSSR count). The zero-order valence-corrected chi connectivity index (χ0v) is 19.1. The fourth-order valence-electron chi connectivity index (χ4n) is 2.59. The third-order valence-corrected chi connectivity index (χ3v) is 3.74. The first-order chi connectivity index (χ1) is 14.9. The standard InChI is InChI=1S/C20H31NO11/c1-7-8-9-21-20(27)19(32-15(6)26)18(31-14(5)25)17(30-13(4)24)16(29-12(3)23)10-28-11(2)22/h16-19H,7-10H2,1-6H3,(H,21,27)/t16-,17+,18+,19-/m1/s1. The molecule has 0 saturated heterocycles. The molecule has 182 valence electrons. The van der Waals surface area contributed by atoms with Gasteiger partial charge in [0.15, 0.2) is 18.3 Å². The minimum atomic E-state index is -1.76. The van der Waals surface area contributed by atoms with E-state index in [1.807, 2.05) is 6.92 Å². The second-order valence-electron chi connectivity index (χ2n) is 6.77. The molecule has 1 N–H and O–H groups in total. The van der Waals surface area contributed by atoms with E-state index < -0.39 is 66.8 Å². The summed E-state index contributed by atoms with van der Waals surface area (Å²) in [6.45, 7) is 6.76. The van der Waals surface area contributed by atoms with E-state index in [9.17, 15) is 28.8 Å². The molecule has 1 amide bonds. The van der Waals surface area contributed by atoms with Crippen LogP contribution < -0.4 is 5.32 Å². The highest BCUT2D eigenvalue weighted by Crippen LogP contribution is 2.20. The Labute approximate surface area is 186 Å². The first-order valence-corrected chi connectivity index (χ1v) is 9.98. The first kappa shape index (κ1) is 28.8. The summed E-state index contributed by atoms with van der Waals surface area (Å²) in [6, 6.07) is 0. The molecule has 0 aliphatic rings. The number of nitrogens with one attached hydrogen (secondary N) is 1. The third kappa shape index (κ3) is 11.9. The number of rotatable bonds is 13. The van der Waals surface area contributed by atoms with E-state index in [0.29, 0.717) is 6.42 Å². The lowest BCUT2D eigenvalue weighted by atomic mass is 10.0. The smallest absolute Gasteiger partial charge is 0.303 e. The van der Waals surface area contributed by atoms with Gasteiger partial charge in [0.25, 0.3) is 5.91 Å². The molecule has 0 fully saturated rings. The van der Waals surface area contributed by atoms with Gasteiger partial charge in [-0.25, -0.2) is 0 Å². The predicted molar refractivity (Wildman–Crippen MR) is 107 cm³/mol. The van der Waals surface area contributed by atoms with E-state index in [4.69, 9.17) is 23.7 Å². The number of hydrogen-bond donors (Lipinski definition) is 1. The van der Waals surface area contributed by atoms with Crippen LogP contribution in [0.4, 0.5) is 0 Å². The fraction of sp³-hybridized carbons (Fsp3) is 0.700. The molecule has 32 heavy (non-hydrogen) atoms. The fourth-order valence-corrected chi connectivity index (χ4v) is 2.59. The van der Waals surface area contributed by atoms with Crippen molar-refractivity contribution in [2.45, 2.75) is 78.8 Å². The number of ether oxygens (including phenoxy) is 5. The summed E-state index contributed by atoms with van der Waals surface area (Å²) < 4.78 is 25.4. The molecule has 0 heterocycles. The van der Waals surface area contributed by atoms with Gasteiger partial charge in [0.1, 0.15) is 6.61 Å². The van der Waals surface area contributed by atoms with Gasteiger partial charge in [-0.15, -0.1) is 0 Å². The van der Waals surface area contributed by atoms with E-state index in [1.165, 1.54) is 0 Å². The van der Waals surface area contributed by atoms with Crippen LogP contribution in [-0.4, -0.2) is 73.3 Å². The molecule has 0 unspecified atom stereocenters. The summed E-state index contributed by atoms with van der Waals surface area (Å²) in [6.07, 6.45) is -5.23. The lowest BCUT2D eigenvalue weighted by Crippen LogP contribution is -2.57. The van der Waals surface area contributed by atoms with Crippen LogP contribution in [0, 0.1) is 0 Å². The summed E-state index contributed by atoms with van der Waals surface area (Å²) in [5.74, 6) is -5.08. The van der Waals surface area contributed by atoms with Crippen LogP contribution in [0.3, 0.4) is 0 Å². The molecule has 12 heteroatoms. The van der Waals surface area contributed by atoms with Crippen LogP contribution in [0.25, 0.3) is 0 Å². The molecule has 0 radical (unpaired) electrons. The van der Waals surface area contributed by atoms with E-state index in [1.54, 1.807) is 0 Å². The van der Waals surface area contributed by atoms with Crippen molar-refractivity contribution < 1.29 is 52.5 Å². The molecule has 0 saturated carbocycles. The number of esters is 5. The first-order valence-electron chi connectivity index (χ1n) is 9.98. The van der Waals surface area contributed by atoms with Crippen molar-refractivity contribution in [3.05, 3.63) is 0 Å². The summed E-state index contributed by atoms with van der Waals surface area (Å²) in [4.78, 5) is 70.9. The average molecular weight is 461 g/mol. The predicted octanol–water partition coefficient (Wildman–Crippen LogP) is 0.193. The number of hydrogen-bond acceptors (Lipinski definition) is 11. The Balaban J connectivity index is 6.31. The molecular weight excluding hydrogens is 430 g/mol. The average Bonchev–Trinajstić information content (AvgIpc) is 2.65. The van der Waals surface area contributed by atoms with E-state index >= 15 is 0 Å². The Hall–Kier alpha value is -3.18. The van der Waals surface area contributed by atoms with E-state index in [0.717, 1.165) is 41.0 Å². The monoisotopic (exact) mass is 461 g/mol. The van der Waals surface area contributed by atoms with Crippen molar-refractivity contribution in [1.82, 2.24) is 5.32 Å². The highest BCUT2D eigenvalue weighted by atomic mass is 16.6. The summed E-state index contributed by atoms with van der Waals surface area (Å²) in [7, 11) is 0. The van der Waals surface area contributed by atoms with Crippen molar-refractivity contribution in [3.8, 4) is 0 Å². The van der Waals surface area contributed by atoms with Gasteiger partial charge in [0, 0.05) is 41.2 Å². The van der Waals surface area contributed by atoms with Crippen molar-refractivity contribution >= 4 is 35.8 Å². The molecule has 12 nitrogen and oxygen atoms in total. The van der Waals surface area contributed by atoms with Gasteiger partial charge < -0.3 is 29.0 Å². The maximum atomic E-state index is 12.8. The molecule has 0 bridgehead atoms. The minimum absolute atomic E-state index is 0.235. The van der Waals surface area contributed by atoms with Gasteiger partial charge in [-0.3, -0.25) is 28.8 Å². The van der Waals surface area contributed by atoms with Crippen molar-refractivity contribution in [3.63, 3.8) is 0 Å². The molecule has 0 aliphatic carbocycles. The van der Waals surface area contributed by atoms with Crippen molar-refractivity contribution in [1.29, 1.82) is 0 Å². The van der Waals surface area contributed by atoms with Crippen molar-refractivity contribution in [2.24, 2.45) is 0 Å². The SMILES string of the molecule is CCCCNC(=O)[C@H](OC(C)=O)[C@@H](OC(C)=O)[C@@H](OC(C)=O)[C@@H](COC(C)=O)OC(C)=O. The maximum absolute atomic E-state index is 12.8. The van der Waals surface area contributed by atoms with Crippen LogP contribution >= 0.6 is 0 Å². The van der Waals surface area contributed by atoms with Crippen LogP contribution in [-0.2, 0) is 52.5 Å². The molecule has 0 aromatic rings. The Morgan fingerprint density at radius 2 is 1.19 bits per heavy atom. The zero-order chi connectivity index (χ0) is 24.8. The molecular formula is C20H31NO11. The normalized spacial score (nSPS) is 14.1. The topological polar surface area (TPSA) is 161 Å². The lowest BCUT2D eigenvalue weighted by molar-refractivity contribution is -0.203. The van der Waals surface area contributed by atoms with E-state index in [2.05, 4.69) is 5.32 Å². The van der Waals surface area contributed by atoms with Gasteiger partial charge in [-0.1, -0.05) is 13.3 Å². The highest BCUT2D eigenvalue weighted by Gasteiger charge is 2.46. The van der Waals surface area contributed by atoms with Gasteiger partial charge in [0.2, 0.25) is 6.10 Å². The minimum Gasteiger partial charge on any atom is -0.462 e. The molecule has 0 aromatic carbocycles. The van der Waals surface area contributed by atoms with Crippen LogP contribution in [0.2, 0.25) is 0 Å². The maximum Gasteiger partial charge on any atom is 0.303 e. The second kappa shape index (κ2) is 14.8. The summed E-state index contributed by atoms with van der Waals surface area (Å²) in [5, 5.41) is 2.54. The summed E-state index contributed by atoms with van der Waals surface area (Å²) in [5.41, 5.74) is 0. The number of unbranched alkanes of at least 4 members (excludes halogenated alkanes) is 1. The van der Waals surface area contributed by atoms with Gasteiger partial charge in [-0.2, -0.15) is 0 Å².